The number of carbonyl (C=O) groups is 1. The van der Waals surface area contributed by atoms with Crippen LogP contribution in [-0.2, 0) is 23.7 Å². The second-order valence-electron chi connectivity index (χ2n) is 26.7. The van der Waals surface area contributed by atoms with Gasteiger partial charge in [0.1, 0.15) is 48.8 Å². The molecule has 0 aromatic carbocycles. The summed E-state index contributed by atoms with van der Waals surface area (Å²) in [4.78, 5) is 13.4. The van der Waals surface area contributed by atoms with Gasteiger partial charge in [0.15, 0.2) is 12.6 Å². The second-order valence-corrected chi connectivity index (χ2v) is 26.7. The predicted octanol–water partition coefficient (Wildman–Crippen LogP) is 17.2. The molecule has 2 fully saturated rings. The molecular weight excluding hydrogens is 1210 g/mol. The third-order valence-electron chi connectivity index (χ3n) is 18.1. The normalized spacial score (nSPS) is 22.9. The molecular formula is C82H141NO13. The van der Waals surface area contributed by atoms with Crippen LogP contribution in [0.4, 0.5) is 0 Å². The number of ether oxygens (including phenoxy) is 4. The topological polar surface area (TPSA) is 228 Å². The van der Waals surface area contributed by atoms with Gasteiger partial charge in [0.25, 0.3) is 0 Å². The molecule has 0 aromatic heterocycles. The Morgan fingerprint density at radius 3 is 1.15 bits per heavy atom. The lowest BCUT2D eigenvalue weighted by molar-refractivity contribution is -0.359. The molecule has 14 nitrogen and oxygen atoms in total. The fraction of sp³-hybridized carbons (Fsp3) is 0.744. The Bertz CT molecular complexity index is 2080. The van der Waals surface area contributed by atoms with Gasteiger partial charge in [0, 0.05) is 6.42 Å². The zero-order valence-corrected chi connectivity index (χ0v) is 60.3. The number of amides is 1. The van der Waals surface area contributed by atoms with E-state index in [-0.39, 0.29) is 18.9 Å². The highest BCUT2D eigenvalue weighted by atomic mass is 16.7. The molecule has 2 heterocycles. The van der Waals surface area contributed by atoms with E-state index in [0.29, 0.717) is 12.8 Å². The maximum absolute atomic E-state index is 13.4. The summed E-state index contributed by atoms with van der Waals surface area (Å²) in [5.74, 6) is -0.256. The molecule has 1 amide bonds. The van der Waals surface area contributed by atoms with Gasteiger partial charge < -0.3 is 65.1 Å². The maximum Gasteiger partial charge on any atom is 0.220 e. The van der Waals surface area contributed by atoms with Crippen molar-refractivity contribution < 1.29 is 64.6 Å². The lowest BCUT2D eigenvalue weighted by atomic mass is 9.97. The number of hydrogen-bond donors (Lipinski definition) is 9. The van der Waals surface area contributed by atoms with Crippen molar-refractivity contribution in [1.29, 1.82) is 0 Å². The summed E-state index contributed by atoms with van der Waals surface area (Å²) in [7, 11) is 0. The Balaban J connectivity index is 1.66. The molecule has 0 bridgehead atoms. The number of aliphatic hydroxyl groups excluding tert-OH is 8. The first-order valence-corrected chi connectivity index (χ1v) is 38.8. The molecule has 14 heteroatoms. The zero-order valence-electron chi connectivity index (χ0n) is 60.3. The van der Waals surface area contributed by atoms with Crippen molar-refractivity contribution in [2.24, 2.45) is 0 Å². The summed E-state index contributed by atoms with van der Waals surface area (Å²) in [5.41, 5.74) is 0. The lowest BCUT2D eigenvalue weighted by Gasteiger charge is -2.46. The van der Waals surface area contributed by atoms with E-state index in [0.717, 1.165) is 89.9 Å². The molecule has 96 heavy (non-hydrogen) atoms. The molecule has 12 unspecified atom stereocenters. The number of allylic oxidation sites excluding steroid dienone is 19. The Morgan fingerprint density at radius 1 is 0.385 bits per heavy atom. The van der Waals surface area contributed by atoms with E-state index in [1.165, 1.54) is 173 Å². The van der Waals surface area contributed by atoms with Crippen LogP contribution >= 0.6 is 0 Å². The van der Waals surface area contributed by atoms with Gasteiger partial charge in [0.05, 0.1) is 32.0 Å². The van der Waals surface area contributed by atoms with Crippen molar-refractivity contribution in [1.82, 2.24) is 5.32 Å². The van der Waals surface area contributed by atoms with E-state index < -0.39 is 86.8 Å². The highest BCUT2D eigenvalue weighted by molar-refractivity contribution is 5.76. The molecule has 0 saturated carbocycles. The average Bonchev–Trinajstić information content (AvgIpc) is 0.797. The van der Waals surface area contributed by atoms with Crippen molar-refractivity contribution in [2.75, 3.05) is 19.8 Å². The predicted molar refractivity (Wildman–Crippen MR) is 396 cm³/mol. The second kappa shape index (κ2) is 64.7. The van der Waals surface area contributed by atoms with Crippen LogP contribution in [0.1, 0.15) is 296 Å². The molecule has 552 valence electrons. The molecule has 2 aliphatic heterocycles. The van der Waals surface area contributed by atoms with E-state index in [1.807, 2.05) is 6.08 Å². The monoisotopic (exact) mass is 1350 g/mol. The van der Waals surface area contributed by atoms with Crippen molar-refractivity contribution in [2.45, 2.75) is 370 Å². The number of hydrogen-bond acceptors (Lipinski definition) is 13. The third kappa shape index (κ3) is 47.4. The summed E-state index contributed by atoms with van der Waals surface area (Å²) in [6.07, 6.45) is 78.3. The highest BCUT2D eigenvalue weighted by Crippen LogP contribution is 2.30. The van der Waals surface area contributed by atoms with E-state index in [1.54, 1.807) is 6.08 Å². The fourth-order valence-electron chi connectivity index (χ4n) is 12.0. The zero-order chi connectivity index (χ0) is 69.4. The first-order valence-electron chi connectivity index (χ1n) is 38.8. The van der Waals surface area contributed by atoms with E-state index in [2.05, 4.69) is 129 Å². The number of aliphatic hydroxyl groups is 8. The van der Waals surface area contributed by atoms with Gasteiger partial charge in [-0.25, -0.2) is 0 Å². The van der Waals surface area contributed by atoms with E-state index in [9.17, 15) is 45.6 Å². The summed E-state index contributed by atoms with van der Waals surface area (Å²) < 4.78 is 22.9. The fourth-order valence-corrected chi connectivity index (χ4v) is 12.0. The van der Waals surface area contributed by atoms with Crippen molar-refractivity contribution >= 4 is 5.91 Å². The average molecular weight is 1350 g/mol. The summed E-state index contributed by atoms with van der Waals surface area (Å²) >= 11 is 0. The Hall–Kier alpha value is -3.61. The van der Waals surface area contributed by atoms with Crippen LogP contribution in [-0.4, -0.2) is 140 Å². The van der Waals surface area contributed by atoms with Crippen molar-refractivity contribution in [3.63, 3.8) is 0 Å². The molecule has 0 radical (unpaired) electrons. The number of unbranched alkanes of at least 4 members (excludes halogenated alkanes) is 32. The largest absolute Gasteiger partial charge is 0.394 e. The molecule has 0 aromatic rings. The third-order valence-corrected chi connectivity index (χ3v) is 18.1. The van der Waals surface area contributed by atoms with Crippen LogP contribution in [0, 0.1) is 0 Å². The summed E-state index contributed by atoms with van der Waals surface area (Å²) in [6.45, 7) is 2.69. The van der Waals surface area contributed by atoms with Crippen LogP contribution in [0.15, 0.2) is 122 Å². The van der Waals surface area contributed by atoms with Crippen molar-refractivity contribution in [3.8, 4) is 0 Å². The number of rotatable bonds is 63. The minimum Gasteiger partial charge on any atom is -0.394 e. The Labute approximate surface area is 584 Å². The van der Waals surface area contributed by atoms with E-state index in [4.69, 9.17) is 18.9 Å². The molecule has 2 aliphatic rings. The maximum atomic E-state index is 13.4. The SMILES string of the molecule is CC/C=C\C/C=C\C/C=C\C/C=C\C/C=C\C/C=C\C/C=C\C/C=C\CCCCCCCCCCCCC(=O)NC(COC1OC(CO)C(OC2OC(CO)C(O)C(O)C2O)C(O)C1O)C(O)/C=C/CC/C=C/CCCCCCCCCCCCCCCCCCCCCCC. The van der Waals surface area contributed by atoms with Crippen LogP contribution in [0.2, 0.25) is 0 Å². The molecule has 2 saturated heterocycles. The smallest absolute Gasteiger partial charge is 0.220 e. The first-order chi connectivity index (χ1) is 47.1. The van der Waals surface area contributed by atoms with Gasteiger partial charge in [-0.15, -0.1) is 0 Å². The standard InChI is InChI=1S/C82H141NO13/c1-3-5-7-9-11-13-15-17-19-21-23-25-27-29-31-32-33-34-35-36-37-38-40-42-44-46-48-50-52-54-56-58-60-62-64-66-74(87)83-70(69-93-81-79(92)77(90)80(73(68-85)95-81)96-82-78(91)76(89)75(88)72(67-84)94-82)71(86)65-63-61-59-57-55-53-51-49-47-45-43-41-39-30-28-26-24-22-20-18-16-14-12-10-8-6-4-2/h5,7,11,13,17,19,23,25,29,31,33-34,36-37,40,42,55,57,63,65,70-73,75-82,84-86,88-92H,3-4,6,8-10,12,14-16,18,20-22,24,26-28,30,32,35,38-39,41,43-54,56,58-62,64,66-69H2,1-2H3,(H,83,87)/b7-5-,13-11-,19-17-,25-23-,31-29-,34-33-,37-36-,42-40-,57-55+,65-63+. The summed E-state index contributed by atoms with van der Waals surface area (Å²) in [5, 5.41) is 87.6. The molecule has 2 rings (SSSR count). The Kier molecular flexibility index (Phi) is 59.7. The van der Waals surface area contributed by atoms with Gasteiger partial charge >= 0.3 is 0 Å². The minimum atomic E-state index is -1.80. The van der Waals surface area contributed by atoms with Gasteiger partial charge in [-0.1, -0.05) is 315 Å². The minimum absolute atomic E-state index is 0.256. The van der Waals surface area contributed by atoms with Gasteiger partial charge in [0.2, 0.25) is 5.91 Å². The number of nitrogens with one attached hydrogen (secondary N) is 1. The van der Waals surface area contributed by atoms with Crippen LogP contribution in [0.5, 0.6) is 0 Å². The van der Waals surface area contributed by atoms with Gasteiger partial charge in [-0.3, -0.25) is 4.79 Å². The van der Waals surface area contributed by atoms with Gasteiger partial charge in [-0.2, -0.15) is 0 Å². The van der Waals surface area contributed by atoms with Crippen molar-refractivity contribution in [3.05, 3.63) is 122 Å². The van der Waals surface area contributed by atoms with Crippen LogP contribution < -0.4 is 5.32 Å². The van der Waals surface area contributed by atoms with Crippen LogP contribution in [0.25, 0.3) is 0 Å². The first kappa shape index (κ1) is 88.5. The molecule has 0 spiro atoms. The molecule has 12 atom stereocenters. The molecule has 9 N–H and O–H groups in total. The van der Waals surface area contributed by atoms with Crippen LogP contribution in [0.3, 0.4) is 0 Å². The quantitative estimate of drug-likeness (QED) is 0.0204. The number of carbonyl (C=O) groups excluding carboxylic acids is 1. The summed E-state index contributed by atoms with van der Waals surface area (Å²) in [6, 6.07) is -0.944. The Morgan fingerprint density at radius 2 is 0.729 bits per heavy atom. The lowest BCUT2D eigenvalue weighted by Crippen LogP contribution is -2.65. The molecule has 0 aliphatic carbocycles. The highest BCUT2D eigenvalue weighted by Gasteiger charge is 2.51. The van der Waals surface area contributed by atoms with E-state index >= 15 is 0 Å². The van der Waals surface area contributed by atoms with Gasteiger partial charge in [-0.05, 0) is 96.3 Å².